The fraction of sp³-hybridized carbons (Fsp3) is 0.600. The van der Waals surface area contributed by atoms with Gasteiger partial charge in [-0.1, -0.05) is 12.1 Å². The van der Waals surface area contributed by atoms with Gasteiger partial charge in [-0.3, -0.25) is 4.90 Å². The molecule has 4 heteroatoms. The number of hydrogen-bond donors (Lipinski definition) is 1. The molecule has 1 fully saturated rings. The Bertz CT molecular complexity index is 405. The molecule has 19 heavy (non-hydrogen) atoms. The molecule has 1 heterocycles. The van der Waals surface area contributed by atoms with E-state index in [1.807, 2.05) is 12.1 Å². The molecule has 0 saturated carbocycles. The fourth-order valence-corrected chi connectivity index (χ4v) is 2.34. The minimum Gasteiger partial charge on any atom is -0.379 e. The summed E-state index contributed by atoms with van der Waals surface area (Å²) in [7, 11) is 0. The summed E-state index contributed by atoms with van der Waals surface area (Å²) in [6.07, 6.45) is 0. The summed E-state index contributed by atoms with van der Waals surface area (Å²) in [5, 5.41) is 3.49. The van der Waals surface area contributed by atoms with E-state index in [1.165, 1.54) is 0 Å². The van der Waals surface area contributed by atoms with Crippen molar-refractivity contribution in [1.82, 2.24) is 10.2 Å². The van der Waals surface area contributed by atoms with Crippen LogP contribution in [0, 0.1) is 12.7 Å². The summed E-state index contributed by atoms with van der Waals surface area (Å²) in [5.74, 6) is -0.134. The van der Waals surface area contributed by atoms with Crippen LogP contribution in [-0.4, -0.2) is 43.8 Å². The Morgan fingerprint density at radius 3 is 2.79 bits per heavy atom. The largest absolute Gasteiger partial charge is 0.379 e. The normalized spacial score (nSPS) is 18.5. The Morgan fingerprint density at radius 1 is 1.37 bits per heavy atom. The molecule has 0 spiro atoms. The first-order chi connectivity index (χ1) is 9.15. The molecule has 1 aromatic carbocycles. The molecule has 1 saturated heterocycles. The number of halogens is 1. The Balaban J connectivity index is 1.75. The Morgan fingerprint density at radius 2 is 2.11 bits per heavy atom. The van der Waals surface area contributed by atoms with Crippen LogP contribution in [0.3, 0.4) is 0 Å². The van der Waals surface area contributed by atoms with Gasteiger partial charge in [0.05, 0.1) is 13.2 Å². The highest BCUT2D eigenvalue weighted by Crippen LogP contribution is 2.09. The van der Waals surface area contributed by atoms with E-state index in [9.17, 15) is 4.39 Å². The number of hydrogen-bond acceptors (Lipinski definition) is 3. The third kappa shape index (κ3) is 4.56. The standard InChI is InChI=1S/C15H23FN2O/c1-12-9-14(3-4-15(12)16)10-17-13(2)11-18-5-7-19-8-6-18/h3-4,9,13,17H,5-8,10-11H2,1-2H3. The average Bonchev–Trinajstić information content (AvgIpc) is 2.41. The molecular formula is C15H23FN2O. The van der Waals surface area contributed by atoms with Gasteiger partial charge in [0, 0.05) is 32.2 Å². The summed E-state index contributed by atoms with van der Waals surface area (Å²) >= 11 is 0. The molecule has 0 aliphatic carbocycles. The quantitative estimate of drug-likeness (QED) is 0.881. The van der Waals surface area contributed by atoms with Crippen molar-refractivity contribution in [2.45, 2.75) is 26.4 Å². The first kappa shape index (κ1) is 14.4. The van der Waals surface area contributed by atoms with Crippen LogP contribution in [-0.2, 0) is 11.3 Å². The van der Waals surface area contributed by atoms with E-state index in [0.29, 0.717) is 11.6 Å². The van der Waals surface area contributed by atoms with Crippen LogP contribution in [0.15, 0.2) is 18.2 Å². The molecule has 0 aromatic heterocycles. The van der Waals surface area contributed by atoms with E-state index >= 15 is 0 Å². The second-order valence-corrected chi connectivity index (χ2v) is 5.28. The molecule has 1 N–H and O–H groups in total. The van der Waals surface area contributed by atoms with E-state index in [0.717, 1.165) is 45.0 Å². The summed E-state index contributed by atoms with van der Waals surface area (Å²) in [6.45, 7) is 9.51. The van der Waals surface area contributed by atoms with Crippen LogP contribution in [0.1, 0.15) is 18.1 Å². The summed E-state index contributed by atoms with van der Waals surface area (Å²) in [4.78, 5) is 2.41. The molecule has 0 amide bonds. The van der Waals surface area contributed by atoms with Crippen molar-refractivity contribution < 1.29 is 9.13 Å². The highest BCUT2D eigenvalue weighted by atomic mass is 19.1. The summed E-state index contributed by atoms with van der Waals surface area (Å²) in [6, 6.07) is 5.71. The first-order valence-electron chi connectivity index (χ1n) is 6.93. The van der Waals surface area contributed by atoms with Gasteiger partial charge in [0.2, 0.25) is 0 Å². The maximum atomic E-state index is 13.2. The van der Waals surface area contributed by atoms with Crippen LogP contribution in [0.25, 0.3) is 0 Å². The van der Waals surface area contributed by atoms with Crippen LogP contribution in [0.4, 0.5) is 4.39 Å². The van der Waals surface area contributed by atoms with E-state index < -0.39 is 0 Å². The minimum atomic E-state index is -0.134. The number of ether oxygens (including phenoxy) is 1. The molecular weight excluding hydrogens is 243 g/mol. The monoisotopic (exact) mass is 266 g/mol. The van der Waals surface area contributed by atoms with Gasteiger partial charge < -0.3 is 10.1 Å². The highest BCUT2D eigenvalue weighted by molar-refractivity contribution is 5.23. The molecule has 1 aliphatic rings. The zero-order chi connectivity index (χ0) is 13.7. The lowest BCUT2D eigenvalue weighted by Gasteiger charge is -2.29. The van der Waals surface area contributed by atoms with E-state index in [-0.39, 0.29) is 5.82 Å². The van der Waals surface area contributed by atoms with E-state index in [2.05, 4.69) is 17.1 Å². The van der Waals surface area contributed by atoms with Gasteiger partial charge in [0.25, 0.3) is 0 Å². The van der Waals surface area contributed by atoms with Gasteiger partial charge >= 0.3 is 0 Å². The van der Waals surface area contributed by atoms with Gasteiger partial charge in [-0.05, 0) is 31.0 Å². The first-order valence-corrected chi connectivity index (χ1v) is 6.93. The van der Waals surface area contributed by atoms with Gasteiger partial charge in [0.15, 0.2) is 0 Å². The van der Waals surface area contributed by atoms with Crippen molar-refractivity contribution in [3.05, 3.63) is 35.1 Å². The number of rotatable bonds is 5. The zero-order valence-corrected chi connectivity index (χ0v) is 11.8. The second kappa shape index (κ2) is 6.98. The lowest BCUT2D eigenvalue weighted by molar-refractivity contribution is 0.0343. The van der Waals surface area contributed by atoms with Crippen LogP contribution in [0.5, 0.6) is 0 Å². The van der Waals surface area contributed by atoms with Crippen LogP contribution < -0.4 is 5.32 Å². The molecule has 1 unspecified atom stereocenters. The number of nitrogens with one attached hydrogen (secondary N) is 1. The van der Waals surface area contributed by atoms with Crippen molar-refractivity contribution in [2.24, 2.45) is 0 Å². The van der Waals surface area contributed by atoms with Gasteiger partial charge in [0.1, 0.15) is 5.82 Å². The number of aryl methyl sites for hydroxylation is 1. The molecule has 0 bridgehead atoms. The second-order valence-electron chi connectivity index (χ2n) is 5.28. The summed E-state index contributed by atoms with van der Waals surface area (Å²) in [5.41, 5.74) is 1.84. The zero-order valence-electron chi connectivity index (χ0n) is 11.8. The molecule has 1 aromatic rings. The Kier molecular flexibility index (Phi) is 5.31. The van der Waals surface area contributed by atoms with Gasteiger partial charge in [-0.25, -0.2) is 4.39 Å². The lowest BCUT2D eigenvalue weighted by Crippen LogP contribution is -2.44. The third-order valence-corrected chi connectivity index (χ3v) is 3.51. The van der Waals surface area contributed by atoms with E-state index in [4.69, 9.17) is 4.74 Å². The maximum Gasteiger partial charge on any atom is 0.126 e. The molecule has 2 rings (SSSR count). The van der Waals surface area contributed by atoms with Crippen LogP contribution in [0.2, 0.25) is 0 Å². The van der Waals surface area contributed by atoms with Gasteiger partial charge in [-0.15, -0.1) is 0 Å². The fourth-order valence-electron chi connectivity index (χ4n) is 2.34. The molecule has 1 atom stereocenters. The van der Waals surface area contributed by atoms with Crippen molar-refractivity contribution in [2.75, 3.05) is 32.8 Å². The number of morpholine rings is 1. The van der Waals surface area contributed by atoms with Crippen molar-refractivity contribution >= 4 is 0 Å². The Labute approximate surface area is 114 Å². The van der Waals surface area contributed by atoms with Crippen molar-refractivity contribution in [3.63, 3.8) is 0 Å². The average molecular weight is 266 g/mol. The predicted octanol–water partition coefficient (Wildman–Crippen LogP) is 1.94. The summed E-state index contributed by atoms with van der Waals surface area (Å²) < 4.78 is 18.5. The third-order valence-electron chi connectivity index (χ3n) is 3.51. The molecule has 106 valence electrons. The maximum absolute atomic E-state index is 13.2. The molecule has 1 aliphatic heterocycles. The Hall–Kier alpha value is -0.970. The van der Waals surface area contributed by atoms with Crippen molar-refractivity contribution in [1.29, 1.82) is 0 Å². The van der Waals surface area contributed by atoms with Gasteiger partial charge in [-0.2, -0.15) is 0 Å². The molecule has 0 radical (unpaired) electrons. The number of benzene rings is 1. The highest BCUT2D eigenvalue weighted by Gasteiger charge is 2.13. The molecule has 3 nitrogen and oxygen atoms in total. The smallest absolute Gasteiger partial charge is 0.126 e. The predicted molar refractivity (Wildman–Crippen MR) is 74.7 cm³/mol. The SMILES string of the molecule is Cc1cc(CNC(C)CN2CCOCC2)ccc1F. The minimum absolute atomic E-state index is 0.134. The van der Waals surface area contributed by atoms with Crippen molar-refractivity contribution in [3.8, 4) is 0 Å². The van der Waals surface area contributed by atoms with Crippen LogP contribution >= 0.6 is 0 Å². The van der Waals surface area contributed by atoms with E-state index in [1.54, 1.807) is 13.0 Å². The number of nitrogens with zero attached hydrogens (tertiary/aromatic N) is 1. The topological polar surface area (TPSA) is 24.5 Å². The lowest BCUT2D eigenvalue weighted by atomic mass is 10.1.